The second-order valence-corrected chi connectivity index (χ2v) is 17.6. The highest BCUT2D eigenvalue weighted by Crippen LogP contribution is 2.23. The van der Waals surface area contributed by atoms with E-state index in [0.717, 1.165) is 77.3 Å². The van der Waals surface area contributed by atoms with E-state index in [1.807, 2.05) is 0 Å². The third-order valence-electron chi connectivity index (χ3n) is 12.1. The predicted molar refractivity (Wildman–Crippen MR) is 243 cm³/mol. The summed E-state index contributed by atoms with van der Waals surface area (Å²) in [6, 6.07) is 0. The first kappa shape index (κ1) is 55.8. The van der Waals surface area contributed by atoms with Crippen LogP contribution in [-0.4, -0.2) is 72.6 Å². The van der Waals surface area contributed by atoms with Gasteiger partial charge in [-0.2, -0.15) is 0 Å². The van der Waals surface area contributed by atoms with E-state index in [-0.39, 0.29) is 18.5 Å². The van der Waals surface area contributed by atoms with Gasteiger partial charge in [-0.3, -0.25) is 9.59 Å². The van der Waals surface area contributed by atoms with Crippen LogP contribution in [0.25, 0.3) is 0 Å². The molecule has 340 valence electrons. The molecule has 0 rings (SSSR count). The highest BCUT2D eigenvalue weighted by molar-refractivity contribution is 5.69. The van der Waals surface area contributed by atoms with E-state index >= 15 is 0 Å². The van der Waals surface area contributed by atoms with Crippen molar-refractivity contribution in [2.24, 2.45) is 11.8 Å². The molecule has 0 aliphatic rings. The number of hydrogen-bond acceptors (Lipinski definition) is 7. The summed E-state index contributed by atoms with van der Waals surface area (Å²) in [5.41, 5.74) is 0. The fourth-order valence-electron chi connectivity index (χ4n) is 8.22. The SMILES string of the molecule is CCCCCCCCC(CCCCCC)CCOC(=O)CCCCCN(CCCCCO)CC(O)CCCCC(=O)OCCC(CCCCC)CCCCCCC. The minimum Gasteiger partial charge on any atom is -0.466 e. The normalized spacial score (nSPS) is 13.2. The fourth-order valence-corrected chi connectivity index (χ4v) is 8.22. The van der Waals surface area contributed by atoms with Crippen molar-refractivity contribution >= 4 is 11.9 Å². The fraction of sp³-hybridized carbons (Fsp3) is 0.960. The second kappa shape index (κ2) is 44.4. The molecule has 2 N–H and O–H groups in total. The summed E-state index contributed by atoms with van der Waals surface area (Å²) in [4.78, 5) is 27.4. The largest absolute Gasteiger partial charge is 0.466 e. The van der Waals surface area contributed by atoms with Crippen molar-refractivity contribution in [3.05, 3.63) is 0 Å². The molecular weight excluding hydrogens is 711 g/mol. The van der Waals surface area contributed by atoms with Crippen molar-refractivity contribution in [2.75, 3.05) is 39.5 Å². The van der Waals surface area contributed by atoms with Gasteiger partial charge in [0.2, 0.25) is 0 Å². The van der Waals surface area contributed by atoms with Gasteiger partial charge in [-0.05, 0) is 82.7 Å². The van der Waals surface area contributed by atoms with E-state index in [1.165, 1.54) is 141 Å². The predicted octanol–water partition coefficient (Wildman–Crippen LogP) is 13.7. The standard InChI is InChI=1S/C50H99NO6/c1-5-9-13-16-18-24-34-47(32-22-15-11-7-3)39-44-56-49(54)36-25-19-28-40-51(41-29-20-30-42-52)45-48(53)35-26-27-37-50(55)57-43-38-46(31-21-12-8-4)33-23-17-14-10-6-2/h46-48,52-53H,5-45H2,1-4H3. The summed E-state index contributed by atoms with van der Waals surface area (Å²) in [5.74, 6) is 1.19. The second-order valence-electron chi connectivity index (χ2n) is 17.6. The topological polar surface area (TPSA) is 96.3 Å². The van der Waals surface area contributed by atoms with Gasteiger partial charge in [-0.1, -0.05) is 182 Å². The molecule has 0 aliphatic carbocycles. The zero-order valence-corrected chi connectivity index (χ0v) is 38.7. The molecule has 0 saturated heterocycles. The molecule has 7 heteroatoms. The molecule has 0 amide bonds. The zero-order valence-electron chi connectivity index (χ0n) is 38.7. The monoisotopic (exact) mass is 810 g/mol. The number of ether oxygens (including phenoxy) is 2. The molecule has 0 aromatic carbocycles. The Morgan fingerprint density at radius 2 is 0.789 bits per heavy atom. The number of aliphatic hydroxyl groups is 2. The van der Waals surface area contributed by atoms with E-state index < -0.39 is 6.10 Å². The number of nitrogens with zero attached hydrogens (tertiary/aromatic N) is 1. The summed E-state index contributed by atoms with van der Waals surface area (Å²) < 4.78 is 11.4. The minimum absolute atomic E-state index is 0.0563. The molecule has 0 saturated carbocycles. The molecule has 0 radical (unpaired) electrons. The number of esters is 2. The Labute approximate surface area is 355 Å². The van der Waals surface area contributed by atoms with Gasteiger partial charge >= 0.3 is 11.9 Å². The Morgan fingerprint density at radius 3 is 1.26 bits per heavy atom. The van der Waals surface area contributed by atoms with Crippen molar-refractivity contribution in [1.82, 2.24) is 4.90 Å². The molecule has 0 heterocycles. The first-order valence-corrected chi connectivity index (χ1v) is 25.2. The minimum atomic E-state index is -0.424. The van der Waals surface area contributed by atoms with E-state index in [0.29, 0.717) is 50.9 Å². The van der Waals surface area contributed by atoms with Gasteiger partial charge in [0.1, 0.15) is 0 Å². The van der Waals surface area contributed by atoms with E-state index in [1.54, 1.807) is 0 Å². The van der Waals surface area contributed by atoms with Crippen LogP contribution in [0, 0.1) is 11.8 Å². The molecular formula is C50H99NO6. The summed E-state index contributed by atoms with van der Waals surface area (Å²) in [6.07, 6.45) is 38.9. The van der Waals surface area contributed by atoms with Crippen LogP contribution in [-0.2, 0) is 19.1 Å². The van der Waals surface area contributed by atoms with Gasteiger partial charge in [-0.25, -0.2) is 0 Å². The summed E-state index contributed by atoms with van der Waals surface area (Å²) >= 11 is 0. The van der Waals surface area contributed by atoms with Crippen molar-refractivity contribution in [2.45, 2.75) is 259 Å². The van der Waals surface area contributed by atoms with Crippen LogP contribution in [0.5, 0.6) is 0 Å². The molecule has 0 bridgehead atoms. The summed E-state index contributed by atoms with van der Waals surface area (Å²) in [7, 11) is 0. The molecule has 57 heavy (non-hydrogen) atoms. The average molecular weight is 810 g/mol. The van der Waals surface area contributed by atoms with Crippen LogP contribution >= 0.6 is 0 Å². The lowest BCUT2D eigenvalue weighted by Crippen LogP contribution is -2.34. The average Bonchev–Trinajstić information content (AvgIpc) is 3.20. The highest BCUT2D eigenvalue weighted by Gasteiger charge is 2.15. The van der Waals surface area contributed by atoms with Crippen LogP contribution < -0.4 is 0 Å². The van der Waals surface area contributed by atoms with Gasteiger partial charge in [0.25, 0.3) is 0 Å². The zero-order chi connectivity index (χ0) is 41.9. The first-order valence-electron chi connectivity index (χ1n) is 25.2. The van der Waals surface area contributed by atoms with E-state index in [2.05, 4.69) is 32.6 Å². The maximum atomic E-state index is 12.6. The molecule has 0 aliphatic heterocycles. The van der Waals surface area contributed by atoms with E-state index in [4.69, 9.17) is 9.47 Å². The van der Waals surface area contributed by atoms with Crippen molar-refractivity contribution in [1.29, 1.82) is 0 Å². The number of rotatable bonds is 46. The Bertz CT molecular complexity index is 840. The molecule has 0 spiro atoms. The van der Waals surface area contributed by atoms with E-state index in [9.17, 15) is 19.8 Å². The Morgan fingerprint density at radius 1 is 0.439 bits per heavy atom. The number of carbonyl (C=O) groups excluding carboxylic acids is 2. The van der Waals surface area contributed by atoms with Crippen LogP contribution in [0.1, 0.15) is 252 Å². The van der Waals surface area contributed by atoms with Crippen LogP contribution in [0.4, 0.5) is 0 Å². The van der Waals surface area contributed by atoms with Crippen LogP contribution in [0.15, 0.2) is 0 Å². The summed E-state index contributed by atoms with van der Waals surface area (Å²) in [6.45, 7) is 12.8. The Hall–Kier alpha value is -1.18. The summed E-state index contributed by atoms with van der Waals surface area (Å²) in [5, 5.41) is 20.1. The smallest absolute Gasteiger partial charge is 0.305 e. The molecule has 0 aromatic heterocycles. The van der Waals surface area contributed by atoms with Gasteiger partial charge in [-0.15, -0.1) is 0 Å². The third kappa shape index (κ3) is 40.0. The Balaban J connectivity index is 4.42. The van der Waals surface area contributed by atoms with Gasteiger partial charge in [0.05, 0.1) is 19.3 Å². The lowest BCUT2D eigenvalue weighted by molar-refractivity contribution is -0.145. The van der Waals surface area contributed by atoms with Crippen molar-refractivity contribution in [3.63, 3.8) is 0 Å². The number of unbranched alkanes of at least 4 members (excludes halogenated alkanes) is 19. The highest BCUT2D eigenvalue weighted by atomic mass is 16.5. The molecule has 0 aromatic rings. The maximum Gasteiger partial charge on any atom is 0.305 e. The number of aliphatic hydroxyl groups excluding tert-OH is 2. The van der Waals surface area contributed by atoms with Gasteiger partial charge < -0.3 is 24.6 Å². The first-order chi connectivity index (χ1) is 27.9. The number of carbonyl (C=O) groups is 2. The molecule has 3 atom stereocenters. The lowest BCUT2D eigenvalue weighted by atomic mass is 9.92. The maximum absolute atomic E-state index is 12.6. The van der Waals surface area contributed by atoms with Crippen molar-refractivity contribution < 1.29 is 29.3 Å². The molecule has 7 nitrogen and oxygen atoms in total. The Kier molecular flexibility index (Phi) is 43.5. The van der Waals surface area contributed by atoms with Gasteiger partial charge in [0, 0.05) is 26.0 Å². The lowest BCUT2D eigenvalue weighted by Gasteiger charge is -2.25. The van der Waals surface area contributed by atoms with Gasteiger partial charge in [0.15, 0.2) is 0 Å². The van der Waals surface area contributed by atoms with Crippen LogP contribution in [0.2, 0.25) is 0 Å². The molecule has 3 unspecified atom stereocenters. The third-order valence-corrected chi connectivity index (χ3v) is 12.1. The quantitative estimate of drug-likeness (QED) is 0.0467. The van der Waals surface area contributed by atoms with Crippen LogP contribution in [0.3, 0.4) is 0 Å². The van der Waals surface area contributed by atoms with Crippen molar-refractivity contribution in [3.8, 4) is 0 Å². The molecule has 0 fully saturated rings. The number of hydrogen-bond donors (Lipinski definition) is 2.